The molecule has 1 atom stereocenters. The fourth-order valence-corrected chi connectivity index (χ4v) is 3.03. The fraction of sp³-hybridized carbons (Fsp3) is 0.208. The van der Waals surface area contributed by atoms with Gasteiger partial charge in [-0.1, -0.05) is 84.9 Å². The van der Waals surface area contributed by atoms with Crippen molar-refractivity contribution in [1.82, 2.24) is 10.6 Å². The summed E-state index contributed by atoms with van der Waals surface area (Å²) < 4.78 is 0. The Labute approximate surface area is 166 Å². The van der Waals surface area contributed by atoms with Crippen molar-refractivity contribution in [2.24, 2.45) is 0 Å². The fourth-order valence-electron chi connectivity index (χ4n) is 3.03. The van der Waals surface area contributed by atoms with Crippen molar-refractivity contribution in [3.8, 4) is 11.1 Å². The Bertz CT molecular complexity index is 875. The molecule has 0 aliphatic rings. The maximum atomic E-state index is 12.0. The van der Waals surface area contributed by atoms with Crippen LogP contribution in [0.3, 0.4) is 0 Å². The topological polar surface area (TPSA) is 61.4 Å². The molecule has 0 aliphatic carbocycles. The molecule has 3 aromatic carbocycles. The van der Waals surface area contributed by atoms with E-state index in [1.807, 2.05) is 72.8 Å². The number of carbonyl (C=O) groups is 1. The largest absolute Gasteiger partial charge is 0.384 e. The first kappa shape index (κ1) is 19.6. The second-order valence-corrected chi connectivity index (χ2v) is 7.06. The quantitative estimate of drug-likeness (QED) is 0.583. The number of aliphatic hydroxyl groups is 1. The molecule has 3 N–H and O–H groups in total. The Morgan fingerprint density at radius 3 is 2.04 bits per heavy atom. The molecule has 0 heterocycles. The summed E-state index contributed by atoms with van der Waals surface area (Å²) in [5, 5.41) is 16.3. The summed E-state index contributed by atoms with van der Waals surface area (Å²) in [5.74, 6) is 0. The van der Waals surface area contributed by atoms with Crippen LogP contribution in [0.25, 0.3) is 11.1 Å². The zero-order chi connectivity index (χ0) is 19.8. The molecule has 0 fully saturated rings. The van der Waals surface area contributed by atoms with E-state index in [0.29, 0.717) is 6.54 Å². The Morgan fingerprint density at radius 2 is 1.39 bits per heavy atom. The highest BCUT2D eigenvalue weighted by atomic mass is 16.3. The maximum absolute atomic E-state index is 12.0. The van der Waals surface area contributed by atoms with E-state index >= 15 is 0 Å². The molecular weight excluding hydrogens is 348 g/mol. The number of hydrogen-bond donors (Lipinski definition) is 3. The van der Waals surface area contributed by atoms with E-state index in [1.54, 1.807) is 6.92 Å². The van der Waals surface area contributed by atoms with Gasteiger partial charge in [-0.3, -0.25) is 0 Å². The van der Waals surface area contributed by atoms with Gasteiger partial charge in [-0.05, 0) is 35.6 Å². The van der Waals surface area contributed by atoms with Crippen LogP contribution in [0, 0.1) is 0 Å². The molecule has 0 spiro atoms. The Kier molecular flexibility index (Phi) is 6.45. The number of benzene rings is 3. The standard InChI is InChI=1S/C24H26N2O2/c1-24(28,18-26-23(27)25-17-16-19-8-4-2-5-9-19)22-14-12-21(13-15-22)20-10-6-3-7-11-20/h2-15,28H,16-18H2,1H3,(H2,25,26,27)/t24-/m1/s1. The molecule has 3 aromatic rings. The normalized spacial score (nSPS) is 12.8. The van der Waals surface area contributed by atoms with Gasteiger partial charge in [-0.2, -0.15) is 0 Å². The third kappa shape index (κ3) is 5.44. The number of nitrogens with one attached hydrogen (secondary N) is 2. The maximum Gasteiger partial charge on any atom is 0.314 e. The zero-order valence-corrected chi connectivity index (χ0v) is 16.1. The van der Waals surface area contributed by atoms with E-state index < -0.39 is 5.60 Å². The van der Waals surface area contributed by atoms with E-state index in [4.69, 9.17) is 0 Å². The first-order valence-corrected chi connectivity index (χ1v) is 9.48. The van der Waals surface area contributed by atoms with Crippen molar-refractivity contribution in [2.45, 2.75) is 18.9 Å². The van der Waals surface area contributed by atoms with E-state index in [9.17, 15) is 9.90 Å². The lowest BCUT2D eigenvalue weighted by molar-refractivity contribution is 0.0594. The van der Waals surface area contributed by atoms with Gasteiger partial charge in [0.05, 0.1) is 6.54 Å². The highest BCUT2D eigenvalue weighted by Crippen LogP contribution is 2.24. The number of hydrogen-bond acceptors (Lipinski definition) is 2. The van der Waals surface area contributed by atoms with Crippen molar-refractivity contribution < 1.29 is 9.90 Å². The zero-order valence-electron chi connectivity index (χ0n) is 16.1. The molecular formula is C24H26N2O2. The molecule has 0 saturated carbocycles. The van der Waals surface area contributed by atoms with Crippen molar-refractivity contribution in [3.05, 3.63) is 96.1 Å². The minimum absolute atomic E-state index is 0.134. The molecule has 0 aliphatic heterocycles. The SMILES string of the molecule is C[C@@](O)(CNC(=O)NCCc1ccccc1)c1ccc(-c2ccccc2)cc1. The van der Waals surface area contributed by atoms with E-state index in [-0.39, 0.29) is 12.6 Å². The molecule has 0 aromatic heterocycles. The average Bonchev–Trinajstić information content (AvgIpc) is 2.74. The summed E-state index contributed by atoms with van der Waals surface area (Å²) in [6, 6.07) is 27.6. The summed E-state index contributed by atoms with van der Waals surface area (Å²) in [4.78, 5) is 12.0. The molecule has 0 radical (unpaired) electrons. The third-order valence-corrected chi connectivity index (χ3v) is 4.75. The Hall–Kier alpha value is -3.11. The Morgan fingerprint density at radius 1 is 0.821 bits per heavy atom. The minimum Gasteiger partial charge on any atom is -0.384 e. The molecule has 4 nitrogen and oxygen atoms in total. The smallest absolute Gasteiger partial charge is 0.314 e. The first-order chi connectivity index (χ1) is 13.5. The van der Waals surface area contributed by atoms with Gasteiger partial charge in [-0.25, -0.2) is 4.79 Å². The van der Waals surface area contributed by atoms with Crippen molar-refractivity contribution in [2.75, 3.05) is 13.1 Å². The number of urea groups is 1. The van der Waals surface area contributed by atoms with Gasteiger partial charge in [0, 0.05) is 6.54 Å². The lowest BCUT2D eigenvalue weighted by Gasteiger charge is -2.24. The van der Waals surface area contributed by atoms with E-state index in [1.165, 1.54) is 5.56 Å². The van der Waals surface area contributed by atoms with Crippen molar-refractivity contribution >= 4 is 6.03 Å². The van der Waals surface area contributed by atoms with E-state index in [2.05, 4.69) is 22.8 Å². The molecule has 28 heavy (non-hydrogen) atoms. The average molecular weight is 374 g/mol. The number of amides is 2. The number of carbonyl (C=O) groups excluding carboxylic acids is 1. The van der Waals surface area contributed by atoms with Gasteiger partial charge < -0.3 is 15.7 Å². The van der Waals surface area contributed by atoms with Crippen LogP contribution in [-0.4, -0.2) is 24.2 Å². The highest BCUT2D eigenvalue weighted by Gasteiger charge is 2.23. The molecule has 0 saturated heterocycles. The van der Waals surface area contributed by atoms with Gasteiger partial charge in [0.25, 0.3) is 0 Å². The predicted octanol–water partition coefficient (Wildman–Crippen LogP) is 4.10. The second kappa shape index (κ2) is 9.20. The van der Waals surface area contributed by atoms with Gasteiger partial charge in [0.2, 0.25) is 0 Å². The first-order valence-electron chi connectivity index (χ1n) is 9.48. The number of rotatable bonds is 7. The van der Waals surface area contributed by atoms with Crippen LogP contribution in [-0.2, 0) is 12.0 Å². The van der Waals surface area contributed by atoms with Gasteiger partial charge in [0.1, 0.15) is 5.60 Å². The monoisotopic (exact) mass is 374 g/mol. The highest BCUT2D eigenvalue weighted by molar-refractivity contribution is 5.74. The lowest BCUT2D eigenvalue weighted by atomic mass is 9.94. The van der Waals surface area contributed by atoms with Crippen LogP contribution in [0.1, 0.15) is 18.1 Å². The van der Waals surface area contributed by atoms with Crippen LogP contribution < -0.4 is 10.6 Å². The Balaban J connectivity index is 1.49. The van der Waals surface area contributed by atoms with Gasteiger partial charge in [-0.15, -0.1) is 0 Å². The van der Waals surface area contributed by atoms with E-state index in [0.717, 1.165) is 23.1 Å². The third-order valence-electron chi connectivity index (χ3n) is 4.75. The minimum atomic E-state index is -1.15. The van der Waals surface area contributed by atoms with Gasteiger partial charge >= 0.3 is 6.03 Å². The summed E-state index contributed by atoms with van der Waals surface area (Å²) in [6.07, 6.45) is 0.769. The van der Waals surface area contributed by atoms with Gasteiger partial charge in [0.15, 0.2) is 0 Å². The predicted molar refractivity (Wildman–Crippen MR) is 113 cm³/mol. The van der Waals surface area contributed by atoms with Crippen LogP contribution in [0.5, 0.6) is 0 Å². The van der Waals surface area contributed by atoms with Crippen molar-refractivity contribution in [1.29, 1.82) is 0 Å². The molecule has 144 valence electrons. The summed E-state index contributed by atoms with van der Waals surface area (Å²) in [6.45, 7) is 2.38. The second-order valence-electron chi connectivity index (χ2n) is 7.06. The van der Waals surface area contributed by atoms with Crippen LogP contribution in [0.15, 0.2) is 84.9 Å². The molecule has 2 amide bonds. The van der Waals surface area contributed by atoms with Crippen LogP contribution >= 0.6 is 0 Å². The van der Waals surface area contributed by atoms with Crippen molar-refractivity contribution in [3.63, 3.8) is 0 Å². The van der Waals surface area contributed by atoms with Crippen LogP contribution in [0.2, 0.25) is 0 Å². The summed E-state index contributed by atoms with van der Waals surface area (Å²) in [7, 11) is 0. The lowest BCUT2D eigenvalue weighted by Crippen LogP contribution is -2.43. The molecule has 0 bridgehead atoms. The summed E-state index contributed by atoms with van der Waals surface area (Å²) >= 11 is 0. The molecule has 4 heteroatoms. The van der Waals surface area contributed by atoms with Crippen LogP contribution in [0.4, 0.5) is 4.79 Å². The molecule has 3 rings (SSSR count). The molecule has 0 unspecified atom stereocenters. The summed E-state index contributed by atoms with van der Waals surface area (Å²) in [5.41, 5.74) is 3.01.